The molecule has 2 rings (SSSR count). The number of rotatable bonds is 2. The van der Waals surface area contributed by atoms with Crippen LogP contribution < -0.4 is 5.32 Å². The van der Waals surface area contributed by atoms with Gasteiger partial charge in [0.15, 0.2) is 0 Å². The maximum atomic E-state index is 11.8. The number of carbonyl (C=O) groups is 1. The SMILES string of the molecule is Cc1cc(NC(=O)c2cnc(Cl)cn2)cnc1Cl. The van der Waals surface area contributed by atoms with E-state index >= 15 is 0 Å². The Morgan fingerprint density at radius 1 is 1.17 bits per heavy atom. The van der Waals surface area contributed by atoms with Crippen LogP contribution in [0, 0.1) is 6.92 Å². The largest absolute Gasteiger partial charge is 0.319 e. The summed E-state index contributed by atoms with van der Waals surface area (Å²) in [7, 11) is 0. The fourth-order valence-electron chi connectivity index (χ4n) is 1.25. The topological polar surface area (TPSA) is 67.8 Å². The van der Waals surface area contributed by atoms with Gasteiger partial charge in [0.1, 0.15) is 16.0 Å². The number of nitrogens with one attached hydrogen (secondary N) is 1. The van der Waals surface area contributed by atoms with Gasteiger partial charge in [0, 0.05) is 0 Å². The number of aromatic nitrogens is 3. The van der Waals surface area contributed by atoms with Crippen molar-refractivity contribution >= 4 is 34.8 Å². The third-order valence-corrected chi connectivity index (χ3v) is 2.72. The molecule has 0 saturated heterocycles. The van der Waals surface area contributed by atoms with Crippen LogP contribution in [0.25, 0.3) is 0 Å². The molecule has 18 heavy (non-hydrogen) atoms. The number of aryl methyl sites for hydroxylation is 1. The average Bonchev–Trinajstić information content (AvgIpc) is 2.34. The minimum atomic E-state index is -0.386. The summed E-state index contributed by atoms with van der Waals surface area (Å²) < 4.78 is 0. The van der Waals surface area contributed by atoms with Crippen LogP contribution in [-0.2, 0) is 0 Å². The van der Waals surface area contributed by atoms with E-state index in [9.17, 15) is 4.79 Å². The summed E-state index contributed by atoms with van der Waals surface area (Å²) in [5.41, 5.74) is 1.49. The van der Waals surface area contributed by atoms with Gasteiger partial charge in [-0.15, -0.1) is 0 Å². The number of nitrogens with zero attached hydrogens (tertiary/aromatic N) is 3. The molecule has 2 aromatic heterocycles. The lowest BCUT2D eigenvalue weighted by atomic mass is 10.3. The minimum Gasteiger partial charge on any atom is -0.319 e. The van der Waals surface area contributed by atoms with Gasteiger partial charge in [-0.05, 0) is 18.6 Å². The molecule has 0 aliphatic heterocycles. The van der Waals surface area contributed by atoms with E-state index in [1.54, 1.807) is 13.0 Å². The number of pyridine rings is 1. The van der Waals surface area contributed by atoms with Gasteiger partial charge in [-0.2, -0.15) is 0 Å². The maximum absolute atomic E-state index is 11.8. The summed E-state index contributed by atoms with van der Waals surface area (Å²) in [6.07, 6.45) is 4.08. The first kappa shape index (κ1) is 12.7. The van der Waals surface area contributed by atoms with Crippen LogP contribution >= 0.6 is 23.2 Å². The molecule has 0 radical (unpaired) electrons. The molecule has 2 heterocycles. The van der Waals surface area contributed by atoms with Crippen molar-refractivity contribution in [2.24, 2.45) is 0 Å². The first-order chi connectivity index (χ1) is 8.56. The molecule has 0 atom stereocenters. The van der Waals surface area contributed by atoms with Crippen molar-refractivity contribution in [3.05, 3.63) is 46.2 Å². The second-order valence-electron chi connectivity index (χ2n) is 3.51. The number of amides is 1. The van der Waals surface area contributed by atoms with Gasteiger partial charge in [0.05, 0.1) is 24.3 Å². The van der Waals surface area contributed by atoms with Crippen molar-refractivity contribution in [3.8, 4) is 0 Å². The minimum absolute atomic E-state index is 0.173. The number of hydrogen-bond donors (Lipinski definition) is 1. The molecule has 1 amide bonds. The number of carbonyl (C=O) groups excluding carboxylic acids is 1. The van der Waals surface area contributed by atoms with Gasteiger partial charge < -0.3 is 5.32 Å². The molecule has 0 unspecified atom stereocenters. The summed E-state index contributed by atoms with van der Waals surface area (Å²) in [6, 6.07) is 1.72. The molecule has 1 N–H and O–H groups in total. The molecule has 0 fully saturated rings. The van der Waals surface area contributed by atoms with Crippen LogP contribution in [0.4, 0.5) is 5.69 Å². The van der Waals surface area contributed by atoms with E-state index in [1.807, 2.05) is 0 Å². The summed E-state index contributed by atoms with van der Waals surface area (Å²) in [6.45, 7) is 1.80. The molecule has 0 bridgehead atoms. The third kappa shape index (κ3) is 2.94. The molecular formula is C11H8Cl2N4O. The van der Waals surface area contributed by atoms with E-state index in [-0.39, 0.29) is 16.8 Å². The molecule has 0 aliphatic carbocycles. The number of halogens is 2. The summed E-state index contributed by atoms with van der Waals surface area (Å²) in [5.74, 6) is -0.386. The van der Waals surface area contributed by atoms with Crippen LogP contribution in [0.3, 0.4) is 0 Å². The van der Waals surface area contributed by atoms with E-state index in [2.05, 4.69) is 20.3 Å². The standard InChI is InChI=1S/C11H8Cl2N4O/c1-6-2-7(3-16-10(6)13)17-11(18)8-4-15-9(12)5-14-8/h2-5H,1H3,(H,17,18). The Bertz CT molecular complexity index is 586. The normalized spacial score (nSPS) is 10.2. The van der Waals surface area contributed by atoms with Gasteiger partial charge in [0.25, 0.3) is 5.91 Å². The smallest absolute Gasteiger partial charge is 0.275 e. The van der Waals surface area contributed by atoms with Gasteiger partial charge in [0.2, 0.25) is 0 Å². The second kappa shape index (κ2) is 5.29. The first-order valence-corrected chi connectivity index (χ1v) is 5.73. The summed E-state index contributed by atoms with van der Waals surface area (Å²) >= 11 is 11.4. The second-order valence-corrected chi connectivity index (χ2v) is 4.26. The van der Waals surface area contributed by atoms with Crippen molar-refractivity contribution in [2.75, 3.05) is 5.32 Å². The van der Waals surface area contributed by atoms with Crippen LogP contribution in [-0.4, -0.2) is 20.9 Å². The van der Waals surface area contributed by atoms with Gasteiger partial charge >= 0.3 is 0 Å². The number of anilines is 1. The fraction of sp³-hybridized carbons (Fsp3) is 0.0909. The highest BCUT2D eigenvalue weighted by Crippen LogP contribution is 2.16. The van der Waals surface area contributed by atoms with E-state index < -0.39 is 0 Å². The van der Waals surface area contributed by atoms with Gasteiger partial charge in [-0.1, -0.05) is 23.2 Å². The fourth-order valence-corrected chi connectivity index (χ4v) is 1.45. The zero-order valence-corrected chi connectivity index (χ0v) is 10.8. The maximum Gasteiger partial charge on any atom is 0.275 e. The Kier molecular flexibility index (Phi) is 3.74. The molecular weight excluding hydrogens is 275 g/mol. The quantitative estimate of drug-likeness (QED) is 0.860. The zero-order chi connectivity index (χ0) is 13.1. The lowest BCUT2D eigenvalue weighted by molar-refractivity contribution is 0.102. The molecule has 5 nitrogen and oxygen atoms in total. The Labute approximate surface area is 113 Å². The van der Waals surface area contributed by atoms with Crippen LogP contribution in [0.5, 0.6) is 0 Å². The predicted octanol–water partition coefficient (Wildman–Crippen LogP) is 2.74. The average molecular weight is 283 g/mol. The number of hydrogen-bond acceptors (Lipinski definition) is 4. The highest BCUT2D eigenvalue weighted by Gasteiger charge is 2.09. The van der Waals surface area contributed by atoms with E-state index in [0.717, 1.165) is 5.56 Å². The molecule has 0 aliphatic rings. The molecule has 2 aromatic rings. The zero-order valence-electron chi connectivity index (χ0n) is 9.32. The van der Waals surface area contributed by atoms with Crippen molar-refractivity contribution in [2.45, 2.75) is 6.92 Å². The monoisotopic (exact) mass is 282 g/mol. The highest BCUT2D eigenvalue weighted by atomic mass is 35.5. The lowest BCUT2D eigenvalue weighted by Crippen LogP contribution is -2.14. The molecule has 0 spiro atoms. The van der Waals surface area contributed by atoms with Crippen molar-refractivity contribution in [1.29, 1.82) is 0 Å². The first-order valence-electron chi connectivity index (χ1n) is 4.97. The van der Waals surface area contributed by atoms with Crippen LogP contribution in [0.1, 0.15) is 16.1 Å². The van der Waals surface area contributed by atoms with Crippen molar-refractivity contribution in [1.82, 2.24) is 15.0 Å². The van der Waals surface area contributed by atoms with Crippen LogP contribution in [0.15, 0.2) is 24.7 Å². The molecule has 0 saturated carbocycles. The van der Waals surface area contributed by atoms with Gasteiger partial charge in [-0.3, -0.25) is 4.79 Å². The van der Waals surface area contributed by atoms with Gasteiger partial charge in [-0.25, -0.2) is 15.0 Å². The predicted molar refractivity (Wildman–Crippen MR) is 69.0 cm³/mol. The van der Waals surface area contributed by atoms with E-state index in [4.69, 9.17) is 23.2 Å². The van der Waals surface area contributed by atoms with Crippen LogP contribution in [0.2, 0.25) is 10.3 Å². The molecule has 92 valence electrons. The Morgan fingerprint density at radius 2 is 1.94 bits per heavy atom. The highest BCUT2D eigenvalue weighted by molar-refractivity contribution is 6.30. The molecule has 0 aromatic carbocycles. The van der Waals surface area contributed by atoms with Crippen molar-refractivity contribution in [3.63, 3.8) is 0 Å². The third-order valence-electron chi connectivity index (χ3n) is 2.13. The molecule has 7 heteroatoms. The Morgan fingerprint density at radius 3 is 2.56 bits per heavy atom. The summed E-state index contributed by atoms with van der Waals surface area (Å²) in [4.78, 5) is 23.4. The lowest BCUT2D eigenvalue weighted by Gasteiger charge is -2.05. The Balaban J connectivity index is 2.16. The Hall–Kier alpha value is -1.72. The van der Waals surface area contributed by atoms with E-state index in [0.29, 0.717) is 10.8 Å². The summed E-state index contributed by atoms with van der Waals surface area (Å²) in [5, 5.41) is 3.27. The van der Waals surface area contributed by atoms with E-state index in [1.165, 1.54) is 18.6 Å². The van der Waals surface area contributed by atoms with Crippen molar-refractivity contribution < 1.29 is 4.79 Å².